The molecule has 0 fully saturated rings. The molecule has 0 spiro atoms. The summed E-state index contributed by atoms with van der Waals surface area (Å²) in [6, 6.07) is 12.7. The van der Waals surface area contributed by atoms with E-state index in [4.69, 9.17) is 21.1 Å². The zero-order chi connectivity index (χ0) is 21.2. The Balaban J connectivity index is 1.61. The smallest absolute Gasteiger partial charge is 0.279 e. The molecule has 0 aliphatic carbocycles. The second-order valence-corrected chi connectivity index (χ2v) is 15.0. The zero-order valence-electron chi connectivity index (χ0n) is 17.2. The van der Waals surface area contributed by atoms with Gasteiger partial charge in [0.1, 0.15) is 11.5 Å². The first kappa shape index (κ1) is 21.6. The Morgan fingerprint density at radius 3 is 2.48 bits per heavy atom. The average Bonchev–Trinajstić information content (AvgIpc) is 3.02. The van der Waals surface area contributed by atoms with E-state index in [9.17, 15) is 4.79 Å². The molecule has 1 unspecified atom stereocenters. The van der Waals surface area contributed by atoms with E-state index < -0.39 is 14.2 Å². The van der Waals surface area contributed by atoms with Crippen molar-refractivity contribution < 1.29 is 14.3 Å². The molecule has 5 nitrogen and oxygen atoms in total. The van der Waals surface area contributed by atoms with Crippen LogP contribution in [0.15, 0.2) is 42.5 Å². The summed E-state index contributed by atoms with van der Waals surface area (Å²) in [4.78, 5) is 18.7. The monoisotopic (exact) mass is 448 g/mol. The highest BCUT2D eigenvalue weighted by Crippen LogP contribution is 2.33. The molecule has 154 valence electrons. The summed E-state index contributed by atoms with van der Waals surface area (Å²) >= 11 is 7.46. The molecule has 0 aliphatic heterocycles. The number of benzene rings is 2. The molecule has 29 heavy (non-hydrogen) atoms. The minimum Gasteiger partial charge on any atom is -0.481 e. The third-order valence-electron chi connectivity index (χ3n) is 4.11. The number of nitrogens with zero attached hydrogens (tertiary/aromatic N) is 2. The number of carbonyl (C=O) groups is 1. The largest absolute Gasteiger partial charge is 0.481 e. The van der Waals surface area contributed by atoms with Gasteiger partial charge in [-0.2, -0.15) is 0 Å². The van der Waals surface area contributed by atoms with Crippen LogP contribution in [-0.4, -0.2) is 43.2 Å². The van der Waals surface area contributed by atoms with Crippen LogP contribution in [0, 0.1) is 0 Å². The Hall–Kier alpha value is -2.09. The van der Waals surface area contributed by atoms with Crippen LogP contribution in [0.3, 0.4) is 0 Å². The number of thiazole rings is 1. The Bertz CT molecular complexity index is 1000. The van der Waals surface area contributed by atoms with Gasteiger partial charge in [-0.25, -0.2) is 4.98 Å². The number of ether oxygens (including phenoxy) is 2. The number of likely N-dealkylation sites (N-methyl/N-ethyl adjacent to an activating group) is 1. The van der Waals surface area contributed by atoms with Crippen molar-refractivity contribution in [3.8, 4) is 16.7 Å². The topological polar surface area (TPSA) is 51.7 Å². The molecule has 2 aromatic carbocycles. The summed E-state index contributed by atoms with van der Waals surface area (Å²) in [5.41, 5.74) is 0.851. The van der Waals surface area contributed by atoms with Gasteiger partial charge < -0.3 is 14.4 Å². The maximum absolute atomic E-state index is 12.5. The standard InChI is InChI=1S/C21H25ClN2O3SSi/c1-14(20(25)24(2)13-29(3,4)5)26-16-7-9-17(10-8-16)27-21-23-18-11-6-15(22)12-19(18)28-21/h6-12,14H,13H2,1-5H3. The van der Waals surface area contributed by atoms with Gasteiger partial charge in [0.2, 0.25) is 0 Å². The van der Waals surface area contributed by atoms with Gasteiger partial charge in [0.25, 0.3) is 11.1 Å². The molecule has 1 atom stereocenters. The quantitative estimate of drug-likeness (QED) is 0.425. The summed E-state index contributed by atoms with van der Waals surface area (Å²) in [5, 5.41) is 1.22. The molecule has 8 heteroatoms. The van der Waals surface area contributed by atoms with Crippen LogP contribution in [0.5, 0.6) is 16.7 Å². The van der Waals surface area contributed by atoms with Gasteiger partial charge in [0.15, 0.2) is 6.10 Å². The van der Waals surface area contributed by atoms with E-state index in [-0.39, 0.29) is 5.91 Å². The molecule has 1 amide bonds. The molecule has 0 bridgehead atoms. The molecule has 0 saturated carbocycles. The summed E-state index contributed by atoms with van der Waals surface area (Å²) in [7, 11) is 0.475. The number of aromatic nitrogens is 1. The van der Waals surface area contributed by atoms with Crippen LogP contribution in [0.4, 0.5) is 0 Å². The zero-order valence-corrected chi connectivity index (χ0v) is 19.8. The van der Waals surface area contributed by atoms with Crippen molar-refractivity contribution in [1.29, 1.82) is 0 Å². The number of amides is 1. The minimum atomic E-state index is -1.36. The van der Waals surface area contributed by atoms with Crippen molar-refractivity contribution in [1.82, 2.24) is 9.88 Å². The van der Waals surface area contributed by atoms with Crippen molar-refractivity contribution in [3.05, 3.63) is 47.5 Å². The Morgan fingerprint density at radius 1 is 1.17 bits per heavy atom. The minimum absolute atomic E-state index is 0.0131. The third kappa shape index (κ3) is 5.94. The molecule has 0 radical (unpaired) electrons. The normalized spacial score (nSPS) is 12.6. The summed E-state index contributed by atoms with van der Waals surface area (Å²) in [6.45, 7) is 8.49. The molecule has 0 saturated heterocycles. The Morgan fingerprint density at radius 2 is 1.83 bits per heavy atom. The van der Waals surface area contributed by atoms with Gasteiger partial charge in [-0.1, -0.05) is 42.6 Å². The van der Waals surface area contributed by atoms with Gasteiger partial charge in [-0.15, -0.1) is 0 Å². The molecule has 3 rings (SSSR count). The maximum Gasteiger partial charge on any atom is 0.279 e. The number of hydrogen-bond donors (Lipinski definition) is 0. The molecule has 0 N–H and O–H groups in total. The lowest BCUT2D eigenvalue weighted by Gasteiger charge is -2.27. The Labute approximate surface area is 181 Å². The van der Waals surface area contributed by atoms with Gasteiger partial charge in [-0.3, -0.25) is 4.79 Å². The maximum atomic E-state index is 12.5. The SMILES string of the molecule is CC(Oc1ccc(Oc2nc3ccc(Cl)cc3s2)cc1)C(=O)N(C)C[Si](C)(C)C. The van der Waals surface area contributed by atoms with Crippen LogP contribution in [0.1, 0.15) is 6.92 Å². The summed E-state index contributed by atoms with van der Waals surface area (Å²) in [6.07, 6.45) is 0.261. The number of halogens is 1. The van der Waals surface area contributed by atoms with Crippen molar-refractivity contribution in [3.63, 3.8) is 0 Å². The highest BCUT2D eigenvalue weighted by Gasteiger charge is 2.24. The van der Waals surface area contributed by atoms with E-state index in [2.05, 4.69) is 24.6 Å². The second-order valence-electron chi connectivity index (χ2n) is 8.18. The first-order valence-electron chi connectivity index (χ1n) is 9.36. The summed E-state index contributed by atoms with van der Waals surface area (Å²) < 4.78 is 12.6. The number of fused-ring (bicyclic) bond motifs is 1. The third-order valence-corrected chi connectivity index (χ3v) is 6.66. The first-order chi connectivity index (χ1) is 13.6. The van der Waals surface area contributed by atoms with Crippen molar-refractivity contribution >= 4 is 47.1 Å². The van der Waals surface area contributed by atoms with E-state index >= 15 is 0 Å². The van der Waals surface area contributed by atoms with Crippen LogP contribution in [0.2, 0.25) is 24.7 Å². The van der Waals surface area contributed by atoms with Crippen LogP contribution in [-0.2, 0) is 4.79 Å². The lowest BCUT2D eigenvalue weighted by Crippen LogP contribution is -2.45. The average molecular weight is 449 g/mol. The van der Waals surface area contributed by atoms with Gasteiger partial charge >= 0.3 is 0 Å². The lowest BCUT2D eigenvalue weighted by molar-refractivity contribution is -0.135. The molecule has 3 aromatic rings. The highest BCUT2D eigenvalue weighted by atomic mass is 35.5. The van der Waals surface area contributed by atoms with Gasteiger partial charge in [0.05, 0.1) is 18.3 Å². The predicted molar refractivity (Wildman–Crippen MR) is 122 cm³/mol. The van der Waals surface area contributed by atoms with Crippen molar-refractivity contribution in [2.75, 3.05) is 13.2 Å². The predicted octanol–water partition coefficient (Wildman–Crippen LogP) is 5.85. The van der Waals surface area contributed by atoms with Crippen molar-refractivity contribution in [2.45, 2.75) is 32.7 Å². The van der Waals surface area contributed by atoms with E-state index in [1.807, 2.05) is 25.2 Å². The summed E-state index contributed by atoms with van der Waals surface area (Å²) in [5.74, 6) is 1.26. The van der Waals surface area contributed by atoms with E-state index in [0.29, 0.717) is 21.7 Å². The molecular formula is C21H25ClN2O3SSi. The van der Waals surface area contributed by atoms with Crippen LogP contribution < -0.4 is 9.47 Å². The molecule has 1 heterocycles. The second kappa shape index (κ2) is 8.73. The number of carbonyl (C=O) groups excluding carboxylic acids is 1. The first-order valence-corrected chi connectivity index (χ1v) is 14.3. The molecule has 0 aliphatic rings. The van der Waals surface area contributed by atoms with E-state index in [0.717, 1.165) is 16.4 Å². The van der Waals surface area contributed by atoms with Crippen LogP contribution in [0.25, 0.3) is 10.2 Å². The number of rotatable bonds is 7. The molecule has 1 aromatic heterocycles. The van der Waals surface area contributed by atoms with E-state index in [1.54, 1.807) is 36.1 Å². The molecular weight excluding hydrogens is 424 g/mol. The van der Waals surface area contributed by atoms with Crippen LogP contribution >= 0.6 is 22.9 Å². The van der Waals surface area contributed by atoms with Crippen molar-refractivity contribution in [2.24, 2.45) is 0 Å². The van der Waals surface area contributed by atoms with Gasteiger partial charge in [0, 0.05) is 18.2 Å². The highest BCUT2D eigenvalue weighted by molar-refractivity contribution is 7.20. The Kier molecular flexibility index (Phi) is 6.51. The van der Waals surface area contributed by atoms with E-state index in [1.165, 1.54) is 11.3 Å². The lowest BCUT2D eigenvalue weighted by atomic mass is 10.3. The fraction of sp³-hybridized carbons (Fsp3) is 0.333. The number of hydrogen-bond acceptors (Lipinski definition) is 5. The fourth-order valence-electron chi connectivity index (χ4n) is 2.96. The fourth-order valence-corrected chi connectivity index (χ4v) is 5.65. The van der Waals surface area contributed by atoms with Gasteiger partial charge in [-0.05, 0) is 49.4 Å².